The van der Waals surface area contributed by atoms with E-state index >= 15 is 0 Å². The lowest BCUT2D eigenvalue weighted by molar-refractivity contribution is -0.431. The minimum atomic E-state index is -0.519. The molecule has 0 saturated heterocycles. The summed E-state index contributed by atoms with van der Waals surface area (Å²) in [7, 11) is 0. The Labute approximate surface area is 170 Å². The second-order valence-corrected chi connectivity index (χ2v) is 7.20. The zero-order chi connectivity index (χ0) is 21.0. The Hall–Kier alpha value is -3.12. The fraction of sp³-hybridized carbons (Fsp3) is 0.304. The summed E-state index contributed by atoms with van der Waals surface area (Å²) in [5, 5.41) is 21.2. The van der Waals surface area contributed by atoms with Crippen molar-refractivity contribution in [3.8, 4) is 5.75 Å². The van der Waals surface area contributed by atoms with Crippen LogP contribution in [0.3, 0.4) is 0 Å². The zero-order valence-corrected chi connectivity index (χ0v) is 17.0. The largest absolute Gasteiger partial charge is 0.489 e. The Morgan fingerprint density at radius 2 is 1.79 bits per heavy atom. The van der Waals surface area contributed by atoms with E-state index in [1.54, 1.807) is 11.8 Å². The Morgan fingerprint density at radius 1 is 1.10 bits per heavy atom. The van der Waals surface area contributed by atoms with E-state index < -0.39 is 5.92 Å². The molecular weight excluding hydrogens is 368 g/mol. The van der Waals surface area contributed by atoms with E-state index in [4.69, 9.17) is 4.74 Å². The highest BCUT2D eigenvalue weighted by molar-refractivity contribution is 5.45. The number of aryl methyl sites for hydroxylation is 1. The summed E-state index contributed by atoms with van der Waals surface area (Å²) in [6, 6.07) is 15.5. The molecule has 2 aromatic carbocycles. The van der Waals surface area contributed by atoms with Crippen LogP contribution in [0.25, 0.3) is 0 Å². The van der Waals surface area contributed by atoms with Crippen LogP contribution in [-0.4, -0.2) is 28.1 Å². The highest BCUT2D eigenvalue weighted by Crippen LogP contribution is 2.40. The molecule has 6 nitrogen and oxygen atoms in total. The molecule has 0 aromatic heterocycles. The maximum absolute atomic E-state index is 11.9. The van der Waals surface area contributed by atoms with Gasteiger partial charge in [0.2, 0.25) is 0 Å². The quantitative estimate of drug-likeness (QED) is 0.557. The molecule has 1 heterocycles. The van der Waals surface area contributed by atoms with Crippen molar-refractivity contribution in [2.24, 2.45) is 0 Å². The molecule has 2 aromatic rings. The van der Waals surface area contributed by atoms with Crippen molar-refractivity contribution in [2.75, 3.05) is 13.2 Å². The van der Waals surface area contributed by atoms with Crippen molar-refractivity contribution >= 4 is 0 Å². The van der Waals surface area contributed by atoms with Crippen LogP contribution < -0.4 is 4.74 Å². The number of ether oxygens (including phenoxy) is 1. The molecule has 1 N–H and O–H groups in total. The molecule has 0 saturated carbocycles. The first kappa shape index (κ1) is 20.6. The van der Waals surface area contributed by atoms with Crippen molar-refractivity contribution in [2.45, 2.75) is 33.3 Å². The molecule has 0 radical (unpaired) electrons. The van der Waals surface area contributed by atoms with Gasteiger partial charge in [-0.05, 0) is 38.5 Å². The molecule has 1 aliphatic heterocycles. The van der Waals surface area contributed by atoms with Gasteiger partial charge in [-0.1, -0.05) is 48.0 Å². The van der Waals surface area contributed by atoms with Gasteiger partial charge in [0.15, 0.2) is 0 Å². The lowest BCUT2D eigenvalue weighted by Gasteiger charge is -2.31. The van der Waals surface area contributed by atoms with E-state index in [9.17, 15) is 15.2 Å². The summed E-state index contributed by atoms with van der Waals surface area (Å²) in [6.07, 6.45) is 1.87. The van der Waals surface area contributed by atoms with E-state index in [1.807, 2.05) is 68.5 Å². The summed E-state index contributed by atoms with van der Waals surface area (Å²) >= 11 is 0. The summed E-state index contributed by atoms with van der Waals surface area (Å²) in [6.45, 7) is 6.30. The van der Waals surface area contributed by atoms with Gasteiger partial charge in [-0.2, -0.15) is 0 Å². The lowest BCUT2D eigenvalue weighted by Crippen LogP contribution is -2.31. The van der Waals surface area contributed by atoms with E-state index in [0.717, 1.165) is 16.8 Å². The number of aliphatic hydroxyl groups is 1. The van der Waals surface area contributed by atoms with Crippen LogP contribution in [0.1, 0.15) is 36.5 Å². The molecule has 6 heteroatoms. The van der Waals surface area contributed by atoms with Gasteiger partial charge in [-0.3, -0.25) is 10.1 Å². The minimum absolute atomic E-state index is 0.0750. The average Bonchev–Trinajstić information content (AvgIpc) is 2.70. The smallest absolute Gasteiger partial charge is 0.276 e. The fourth-order valence-corrected chi connectivity index (χ4v) is 3.68. The molecule has 1 aliphatic rings. The highest BCUT2D eigenvalue weighted by atomic mass is 16.6. The van der Waals surface area contributed by atoms with Crippen molar-refractivity contribution in [3.63, 3.8) is 0 Å². The van der Waals surface area contributed by atoms with Crippen LogP contribution in [0.4, 0.5) is 0 Å². The van der Waals surface area contributed by atoms with E-state index in [1.165, 1.54) is 5.56 Å². The second kappa shape index (κ2) is 8.92. The predicted molar refractivity (Wildman–Crippen MR) is 112 cm³/mol. The van der Waals surface area contributed by atoms with Gasteiger partial charge >= 0.3 is 0 Å². The number of hydrogen-bond donors (Lipinski definition) is 1. The number of aliphatic hydroxyl groups excluding tert-OH is 1. The number of benzene rings is 2. The molecule has 29 heavy (non-hydrogen) atoms. The molecule has 0 spiro atoms. The third kappa shape index (κ3) is 4.49. The molecule has 3 rings (SSSR count). The molecular formula is C23H26N2O4. The molecule has 1 atom stereocenters. The van der Waals surface area contributed by atoms with Gasteiger partial charge in [-0.15, -0.1) is 0 Å². The van der Waals surface area contributed by atoms with Crippen LogP contribution in [0.2, 0.25) is 0 Å². The molecule has 0 bridgehead atoms. The van der Waals surface area contributed by atoms with Crippen LogP contribution in [0.5, 0.6) is 5.75 Å². The number of allylic oxidation sites excluding steroid dienone is 3. The maximum atomic E-state index is 11.9. The van der Waals surface area contributed by atoms with Gasteiger partial charge in [0, 0.05) is 17.8 Å². The highest BCUT2D eigenvalue weighted by Gasteiger charge is 2.35. The van der Waals surface area contributed by atoms with E-state index in [0.29, 0.717) is 24.6 Å². The molecule has 152 valence electrons. The Balaban J connectivity index is 1.95. The monoisotopic (exact) mass is 394 g/mol. The van der Waals surface area contributed by atoms with Crippen LogP contribution in [0, 0.1) is 17.0 Å². The van der Waals surface area contributed by atoms with Crippen molar-refractivity contribution < 1.29 is 14.8 Å². The summed E-state index contributed by atoms with van der Waals surface area (Å²) in [5.41, 5.74) is 4.50. The number of β-amino-alcohol motifs (C(OH)–C–C–N with tert-alkyl or cyclic N) is 1. The number of hydrogen-bond acceptors (Lipinski definition) is 5. The summed E-state index contributed by atoms with van der Waals surface area (Å²) in [4.78, 5) is 13.4. The van der Waals surface area contributed by atoms with Crippen LogP contribution in [0.15, 0.2) is 71.7 Å². The number of nitrogens with zero attached hydrogens (tertiary/aromatic N) is 2. The normalized spacial score (nSPS) is 16.6. The molecule has 0 aliphatic carbocycles. The van der Waals surface area contributed by atoms with Gasteiger partial charge in [-0.25, -0.2) is 0 Å². The molecule has 1 unspecified atom stereocenters. The van der Waals surface area contributed by atoms with Gasteiger partial charge in [0.05, 0.1) is 17.2 Å². The second-order valence-electron chi connectivity index (χ2n) is 7.20. The fourth-order valence-electron chi connectivity index (χ4n) is 3.68. The molecule has 0 fully saturated rings. The van der Waals surface area contributed by atoms with E-state index in [2.05, 4.69) is 0 Å². The first-order valence-corrected chi connectivity index (χ1v) is 9.61. The van der Waals surface area contributed by atoms with Gasteiger partial charge in [0.25, 0.3) is 5.70 Å². The number of nitro groups is 1. The number of rotatable bonds is 7. The number of para-hydroxylation sites is 1. The lowest BCUT2D eigenvalue weighted by atomic mass is 9.90. The van der Waals surface area contributed by atoms with Crippen LogP contribution in [-0.2, 0) is 6.61 Å². The predicted octanol–water partition coefficient (Wildman–Crippen LogP) is 4.38. The first-order chi connectivity index (χ1) is 13.9. The Morgan fingerprint density at radius 3 is 2.45 bits per heavy atom. The molecule has 0 amide bonds. The average molecular weight is 394 g/mol. The maximum Gasteiger partial charge on any atom is 0.276 e. The van der Waals surface area contributed by atoms with Gasteiger partial charge in [0.1, 0.15) is 18.3 Å². The zero-order valence-electron chi connectivity index (χ0n) is 17.0. The Kier molecular flexibility index (Phi) is 6.34. The summed E-state index contributed by atoms with van der Waals surface area (Å²) < 4.78 is 6.06. The van der Waals surface area contributed by atoms with Crippen LogP contribution >= 0.6 is 0 Å². The van der Waals surface area contributed by atoms with Crippen molar-refractivity contribution in [3.05, 3.63) is 98.5 Å². The standard InChI is InChI=1S/C23H26N2O4/c1-16-8-10-19(11-9-16)15-29-22-7-5-4-6-20(22)21-14-17(2)24(12-13-26)18(3)23(21)25(27)28/h4-11,14,21,26H,12-13,15H2,1-3H3. The topological polar surface area (TPSA) is 75.8 Å². The van der Waals surface area contributed by atoms with Crippen molar-refractivity contribution in [1.82, 2.24) is 4.90 Å². The summed E-state index contributed by atoms with van der Waals surface area (Å²) in [5.74, 6) is 0.110. The SMILES string of the molecule is CC1=CC(c2ccccc2OCc2ccc(C)cc2)C([N+](=O)[O-])=C(C)N1CCO. The first-order valence-electron chi connectivity index (χ1n) is 9.61. The minimum Gasteiger partial charge on any atom is -0.489 e. The third-order valence-electron chi connectivity index (χ3n) is 5.19. The third-order valence-corrected chi connectivity index (χ3v) is 5.19. The Bertz CT molecular complexity index is 948. The van der Waals surface area contributed by atoms with Gasteiger partial charge < -0.3 is 14.7 Å². The van der Waals surface area contributed by atoms with E-state index in [-0.39, 0.29) is 17.2 Å². The van der Waals surface area contributed by atoms with Crippen molar-refractivity contribution in [1.29, 1.82) is 0 Å².